The number of ether oxygens (including phenoxy) is 4. The Labute approximate surface area is 194 Å². The molecule has 5 rings (SSSR count). The van der Waals surface area contributed by atoms with E-state index < -0.39 is 0 Å². The van der Waals surface area contributed by atoms with E-state index in [1.807, 2.05) is 12.1 Å². The lowest BCUT2D eigenvalue weighted by atomic mass is 9.94. The van der Waals surface area contributed by atoms with Crippen molar-refractivity contribution >= 4 is 11.6 Å². The molecule has 2 aromatic rings. The molecule has 8 heteroatoms. The smallest absolute Gasteiger partial charge is 0.232 e. The molecule has 0 radical (unpaired) electrons. The van der Waals surface area contributed by atoms with Crippen molar-refractivity contribution in [1.82, 2.24) is 9.88 Å². The molecule has 1 saturated heterocycles. The van der Waals surface area contributed by atoms with Gasteiger partial charge in [0.15, 0.2) is 6.61 Å². The Bertz CT molecular complexity index is 1050. The summed E-state index contributed by atoms with van der Waals surface area (Å²) in [6.45, 7) is 10.4. The molecule has 1 aromatic carbocycles. The fourth-order valence-electron chi connectivity index (χ4n) is 4.06. The van der Waals surface area contributed by atoms with Crippen molar-refractivity contribution in [2.45, 2.75) is 45.3 Å². The minimum atomic E-state index is -0.0697. The highest BCUT2D eigenvalue weighted by Gasteiger charge is 2.26. The summed E-state index contributed by atoms with van der Waals surface area (Å²) in [5, 5.41) is 0. The lowest BCUT2D eigenvalue weighted by molar-refractivity contribution is -0.103. The third kappa shape index (κ3) is 5.07. The van der Waals surface area contributed by atoms with E-state index in [-0.39, 0.29) is 11.5 Å². The number of hydrogen-bond donors (Lipinski definition) is 0. The third-order valence-corrected chi connectivity index (χ3v) is 5.96. The van der Waals surface area contributed by atoms with Crippen LogP contribution in [0.1, 0.15) is 43.5 Å². The highest BCUT2D eigenvalue weighted by Crippen LogP contribution is 2.33. The summed E-state index contributed by atoms with van der Waals surface area (Å²) in [6, 6.07) is 6.22. The zero-order valence-corrected chi connectivity index (χ0v) is 19.5. The van der Waals surface area contributed by atoms with E-state index >= 15 is 0 Å². The molecule has 3 aliphatic rings. The van der Waals surface area contributed by atoms with Crippen LogP contribution in [0.25, 0.3) is 5.70 Å². The third-order valence-electron chi connectivity index (χ3n) is 5.96. The molecule has 0 spiro atoms. The van der Waals surface area contributed by atoms with Crippen molar-refractivity contribution in [3.8, 4) is 5.75 Å². The molecule has 4 heterocycles. The van der Waals surface area contributed by atoms with Gasteiger partial charge in [-0.05, 0) is 30.2 Å². The highest BCUT2D eigenvalue weighted by atomic mass is 16.6. The van der Waals surface area contributed by atoms with Gasteiger partial charge in [0.05, 0.1) is 31.7 Å². The number of hydrogen-bond acceptors (Lipinski definition) is 8. The Hall–Kier alpha value is -2.84. The summed E-state index contributed by atoms with van der Waals surface area (Å²) in [4.78, 5) is 11.2. The Kier molecular flexibility index (Phi) is 6.12. The number of aromatic nitrogens is 1. The first-order chi connectivity index (χ1) is 16.0. The molecule has 176 valence electrons. The molecular formula is C25H31N3O5. The molecule has 8 nitrogen and oxygen atoms in total. The van der Waals surface area contributed by atoms with Gasteiger partial charge in [-0.1, -0.05) is 20.8 Å². The summed E-state index contributed by atoms with van der Waals surface area (Å²) in [5.41, 5.74) is 3.51. The first-order valence-corrected chi connectivity index (χ1v) is 11.5. The van der Waals surface area contributed by atoms with E-state index in [0.717, 1.165) is 30.2 Å². The normalized spacial score (nSPS) is 20.5. The van der Waals surface area contributed by atoms with Crippen molar-refractivity contribution in [3.63, 3.8) is 0 Å². The maximum absolute atomic E-state index is 5.98. The molecule has 3 aliphatic heterocycles. The van der Waals surface area contributed by atoms with Crippen molar-refractivity contribution in [2.24, 2.45) is 4.99 Å². The van der Waals surface area contributed by atoms with Crippen molar-refractivity contribution in [3.05, 3.63) is 53.2 Å². The van der Waals surface area contributed by atoms with Crippen LogP contribution in [0.5, 0.6) is 5.75 Å². The summed E-state index contributed by atoms with van der Waals surface area (Å²) in [7, 11) is 0. The van der Waals surface area contributed by atoms with Gasteiger partial charge >= 0.3 is 0 Å². The van der Waals surface area contributed by atoms with Crippen LogP contribution in [0.4, 0.5) is 0 Å². The number of rotatable bonds is 5. The predicted octanol–water partition coefficient (Wildman–Crippen LogP) is 3.55. The van der Waals surface area contributed by atoms with Crippen LogP contribution in [0.3, 0.4) is 0 Å². The van der Waals surface area contributed by atoms with Crippen LogP contribution in [-0.2, 0) is 32.7 Å². The van der Waals surface area contributed by atoms with Gasteiger partial charge in [0.2, 0.25) is 11.8 Å². The maximum atomic E-state index is 5.98. The van der Waals surface area contributed by atoms with Gasteiger partial charge in [0, 0.05) is 23.6 Å². The Balaban J connectivity index is 1.24. The second kappa shape index (κ2) is 9.19. The van der Waals surface area contributed by atoms with Crippen molar-refractivity contribution in [2.75, 3.05) is 39.6 Å². The second-order valence-corrected chi connectivity index (χ2v) is 9.54. The van der Waals surface area contributed by atoms with Crippen LogP contribution in [0, 0.1) is 0 Å². The van der Waals surface area contributed by atoms with E-state index in [2.05, 4.69) is 47.8 Å². The van der Waals surface area contributed by atoms with Gasteiger partial charge in [-0.25, -0.2) is 9.98 Å². The SMILES string of the molecule is CC(C)(C)c1cnc(COc2ccc3c(c2)CCN2CN=C(OCC4COCCO4)C=C32)o1. The Morgan fingerprint density at radius 1 is 1.18 bits per heavy atom. The van der Waals surface area contributed by atoms with Gasteiger partial charge in [0.1, 0.15) is 30.9 Å². The first kappa shape index (κ1) is 22.0. The van der Waals surface area contributed by atoms with E-state index in [9.17, 15) is 0 Å². The number of benzene rings is 1. The van der Waals surface area contributed by atoms with E-state index in [0.29, 0.717) is 51.5 Å². The van der Waals surface area contributed by atoms with Gasteiger partial charge in [-0.15, -0.1) is 0 Å². The number of oxazole rings is 1. The molecule has 0 saturated carbocycles. The Morgan fingerprint density at radius 3 is 2.88 bits per heavy atom. The zero-order valence-electron chi connectivity index (χ0n) is 19.5. The number of aliphatic imine (C=N–C) groups is 1. The maximum Gasteiger partial charge on any atom is 0.232 e. The molecule has 1 atom stereocenters. The lowest BCUT2D eigenvalue weighted by Gasteiger charge is -2.34. The lowest BCUT2D eigenvalue weighted by Crippen LogP contribution is -2.35. The largest absolute Gasteiger partial charge is 0.484 e. The standard InChI is InChI=1S/C25H31N3O5/c1-25(2,3)22-12-26-24(33-22)15-31-18-4-5-20-17(10-18)6-7-28-16-27-23(11-21(20)28)32-14-19-13-29-8-9-30-19/h4-5,10-12,19H,6-9,13-16H2,1-3H3. The summed E-state index contributed by atoms with van der Waals surface area (Å²) in [5.74, 6) is 2.90. The fraction of sp³-hybridized carbons (Fsp3) is 0.520. The molecule has 1 fully saturated rings. The first-order valence-electron chi connectivity index (χ1n) is 11.5. The highest BCUT2D eigenvalue weighted by molar-refractivity contribution is 5.96. The number of fused-ring (bicyclic) bond motifs is 3. The van der Waals surface area contributed by atoms with Crippen LogP contribution in [0.15, 0.2) is 39.9 Å². The summed E-state index contributed by atoms with van der Waals surface area (Å²) >= 11 is 0. The summed E-state index contributed by atoms with van der Waals surface area (Å²) in [6.07, 6.45) is 4.70. The average molecular weight is 454 g/mol. The van der Waals surface area contributed by atoms with Gasteiger partial charge in [-0.3, -0.25) is 0 Å². The van der Waals surface area contributed by atoms with Gasteiger partial charge in [-0.2, -0.15) is 0 Å². The quantitative estimate of drug-likeness (QED) is 0.685. The van der Waals surface area contributed by atoms with Crippen molar-refractivity contribution < 1.29 is 23.4 Å². The summed E-state index contributed by atoms with van der Waals surface area (Å²) < 4.78 is 28.8. The molecule has 0 bridgehead atoms. The molecule has 0 amide bonds. The van der Waals surface area contributed by atoms with Crippen LogP contribution < -0.4 is 4.74 Å². The van der Waals surface area contributed by atoms with Gasteiger partial charge < -0.3 is 28.3 Å². The minimum Gasteiger partial charge on any atom is -0.484 e. The molecule has 1 aromatic heterocycles. The molecule has 0 aliphatic carbocycles. The van der Waals surface area contributed by atoms with Crippen LogP contribution >= 0.6 is 0 Å². The van der Waals surface area contributed by atoms with Crippen LogP contribution in [-0.4, -0.2) is 61.5 Å². The van der Waals surface area contributed by atoms with E-state index in [4.69, 9.17) is 23.4 Å². The number of nitrogens with zero attached hydrogens (tertiary/aromatic N) is 3. The van der Waals surface area contributed by atoms with E-state index in [1.165, 1.54) is 11.1 Å². The van der Waals surface area contributed by atoms with Crippen molar-refractivity contribution in [1.29, 1.82) is 0 Å². The minimum absolute atomic E-state index is 0.0423. The fourth-order valence-corrected chi connectivity index (χ4v) is 4.06. The Morgan fingerprint density at radius 2 is 2.09 bits per heavy atom. The zero-order chi connectivity index (χ0) is 22.8. The van der Waals surface area contributed by atoms with E-state index in [1.54, 1.807) is 6.20 Å². The second-order valence-electron chi connectivity index (χ2n) is 9.54. The predicted molar refractivity (Wildman–Crippen MR) is 123 cm³/mol. The molecule has 33 heavy (non-hydrogen) atoms. The molecular weight excluding hydrogens is 422 g/mol. The van der Waals surface area contributed by atoms with Crippen LogP contribution in [0.2, 0.25) is 0 Å². The topological polar surface area (TPSA) is 78.6 Å². The molecule has 1 unspecified atom stereocenters. The van der Waals surface area contributed by atoms with Gasteiger partial charge in [0.25, 0.3) is 0 Å². The molecule has 0 N–H and O–H groups in total. The monoisotopic (exact) mass is 453 g/mol. The average Bonchev–Trinajstić information content (AvgIpc) is 3.31.